The first kappa shape index (κ1) is 12.0. The smallest absolute Gasteiger partial charge is 0.255 e. The molecular weight excluding hydrogens is 230 g/mol. The van der Waals surface area contributed by atoms with Gasteiger partial charge in [-0.25, -0.2) is 4.99 Å². The van der Waals surface area contributed by atoms with E-state index in [9.17, 15) is 4.79 Å². The van der Waals surface area contributed by atoms with Crippen molar-refractivity contribution in [2.45, 2.75) is 69.7 Å². The Morgan fingerprint density at radius 3 is 2.44 bits per heavy atom. The van der Waals surface area contributed by atoms with E-state index in [4.69, 9.17) is 4.74 Å². The van der Waals surface area contributed by atoms with Crippen LogP contribution >= 0.6 is 0 Å². The molecule has 1 atom stereocenters. The fraction of sp³-hybridized carbons (Fsp3) is 0.846. The van der Waals surface area contributed by atoms with Crippen molar-refractivity contribution in [3.63, 3.8) is 0 Å². The van der Waals surface area contributed by atoms with Crippen molar-refractivity contribution >= 4 is 11.9 Å². The second-order valence-corrected chi connectivity index (χ2v) is 6.74. The minimum atomic E-state index is -0.690. The number of amides is 1. The highest BCUT2D eigenvalue weighted by atomic mass is 16.5. The standard InChI is InChI=1S/C13H21N3O2/c1-11(2)7-13(12(3,4)18-11)9(17)15-10(16-13)14-8-5-6-8/h8H,5-7H2,1-4H3,(H2,14,15,16,17). The SMILES string of the molecule is CC1(C)CC2(NC(=NC3CC3)NC2=O)C(C)(C)O1. The van der Waals surface area contributed by atoms with Crippen LogP contribution in [0.25, 0.3) is 0 Å². The van der Waals surface area contributed by atoms with Gasteiger partial charge in [-0.15, -0.1) is 0 Å². The van der Waals surface area contributed by atoms with Crippen LogP contribution in [0.15, 0.2) is 4.99 Å². The summed E-state index contributed by atoms with van der Waals surface area (Å²) in [6.45, 7) is 7.98. The Labute approximate surface area is 107 Å². The summed E-state index contributed by atoms with van der Waals surface area (Å²) >= 11 is 0. The summed E-state index contributed by atoms with van der Waals surface area (Å²) in [6, 6.07) is 0.390. The number of carbonyl (C=O) groups is 1. The highest BCUT2D eigenvalue weighted by Gasteiger charge is 2.64. The average molecular weight is 251 g/mol. The second-order valence-electron chi connectivity index (χ2n) is 6.74. The van der Waals surface area contributed by atoms with Gasteiger partial charge in [-0.3, -0.25) is 10.1 Å². The van der Waals surface area contributed by atoms with Crippen LogP contribution in [0.3, 0.4) is 0 Å². The third-order valence-electron chi connectivity index (χ3n) is 4.06. The quantitative estimate of drug-likeness (QED) is 0.729. The topological polar surface area (TPSA) is 62.7 Å². The summed E-state index contributed by atoms with van der Waals surface area (Å²) in [5, 5.41) is 6.17. The zero-order chi connectivity index (χ0) is 13.2. The van der Waals surface area contributed by atoms with Crippen LogP contribution in [-0.4, -0.2) is 34.6 Å². The van der Waals surface area contributed by atoms with Crippen molar-refractivity contribution in [1.82, 2.24) is 10.6 Å². The third kappa shape index (κ3) is 1.64. The van der Waals surface area contributed by atoms with Crippen molar-refractivity contribution in [3.8, 4) is 0 Å². The molecule has 2 N–H and O–H groups in total. The highest BCUT2D eigenvalue weighted by molar-refractivity contribution is 6.10. The largest absolute Gasteiger partial charge is 0.367 e. The lowest BCUT2D eigenvalue weighted by molar-refractivity contribution is -0.131. The number of ether oxygens (including phenoxy) is 1. The van der Waals surface area contributed by atoms with Gasteiger partial charge in [-0.2, -0.15) is 0 Å². The number of aliphatic imine (C=N–C) groups is 1. The maximum absolute atomic E-state index is 12.4. The number of rotatable bonds is 1. The lowest BCUT2D eigenvalue weighted by Crippen LogP contribution is -2.59. The molecule has 3 fully saturated rings. The van der Waals surface area contributed by atoms with Gasteiger partial charge < -0.3 is 10.1 Å². The molecule has 5 heteroatoms. The molecule has 1 spiro atoms. The second kappa shape index (κ2) is 3.26. The molecule has 2 heterocycles. The molecule has 18 heavy (non-hydrogen) atoms. The van der Waals surface area contributed by atoms with E-state index in [2.05, 4.69) is 15.6 Å². The van der Waals surface area contributed by atoms with Gasteiger partial charge in [-0.05, 0) is 40.5 Å². The molecule has 100 valence electrons. The maximum Gasteiger partial charge on any atom is 0.255 e. The van der Waals surface area contributed by atoms with Crippen LogP contribution in [0.2, 0.25) is 0 Å². The van der Waals surface area contributed by atoms with Crippen molar-refractivity contribution in [3.05, 3.63) is 0 Å². The van der Waals surface area contributed by atoms with E-state index in [0.717, 1.165) is 12.8 Å². The van der Waals surface area contributed by atoms with Crippen molar-refractivity contribution < 1.29 is 9.53 Å². The van der Waals surface area contributed by atoms with E-state index in [1.807, 2.05) is 27.7 Å². The molecule has 1 unspecified atom stereocenters. The van der Waals surface area contributed by atoms with E-state index in [-0.39, 0.29) is 11.5 Å². The molecule has 0 aromatic heterocycles. The number of hydrogen-bond donors (Lipinski definition) is 2. The van der Waals surface area contributed by atoms with Gasteiger partial charge in [-0.1, -0.05) is 0 Å². The molecule has 1 amide bonds. The number of hydrogen-bond acceptors (Lipinski definition) is 3. The average Bonchev–Trinajstić information content (AvgIpc) is 2.87. The summed E-state index contributed by atoms with van der Waals surface area (Å²) in [4.78, 5) is 16.9. The number of nitrogens with zero attached hydrogens (tertiary/aromatic N) is 1. The van der Waals surface area contributed by atoms with Gasteiger partial charge in [0.25, 0.3) is 5.91 Å². The Balaban J connectivity index is 1.93. The Hall–Kier alpha value is -1.10. The zero-order valence-corrected chi connectivity index (χ0v) is 11.5. The van der Waals surface area contributed by atoms with Gasteiger partial charge >= 0.3 is 0 Å². The Bertz CT molecular complexity index is 438. The van der Waals surface area contributed by atoms with Crippen molar-refractivity contribution in [1.29, 1.82) is 0 Å². The Morgan fingerprint density at radius 1 is 1.28 bits per heavy atom. The first-order valence-electron chi connectivity index (χ1n) is 6.62. The normalized spacial score (nSPS) is 39.1. The summed E-state index contributed by atoms with van der Waals surface area (Å²) in [5.41, 5.74) is -1.53. The van der Waals surface area contributed by atoms with E-state index < -0.39 is 11.1 Å². The molecule has 3 aliphatic rings. The van der Waals surface area contributed by atoms with Crippen LogP contribution in [0.1, 0.15) is 47.0 Å². The molecule has 1 aliphatic carbocycles. The van der Waals surface area contributed by atoms with Crippen LogP contribution < -0.4 is 10.6 Å². The number of guanidine groups is 1. The molecule has 3 rings (SSSR count). The fourth-order valence-corrected chi connectivity index (χ4v) is 3.17. The highest BCUT2D eigenvalue weighted by Crippen LogP contribution is 2.46. The molecule has 1 saturated carbocycles. The first-order valence-corrected chi connectivity index (χ1v) is 6.62. The molecule has 5 nitrogen and oxygen atoms in total. The zero-order valence-electron chi connectivity index (χ0n) is 11.5. The lowest BCUT2D eigenvalue weighted by Gasteiger charge is -2.33. The lowest BCUT2D eigenvalue weighted by atomic mass is 9.79. The Kier molecular flexibility index (Phi) is 2.17. The van der Waals surface area contributed by atoms with Crippen LogP contribution in [-0.2, 0) is 9.53 Å². The van der Waals surface area contributed by atoms with E-state index >= 15 is 0 Å². The predicted octanol–water partition coefficient (Wildman–Crippen LogP) is 0.940. The summed E-state index contributed by atoms with van der Waals surface area (Å²) in [5.74, 6) is 0.606. The molecule has 2 aliphatic heterocycles. The molecule has 0 bridgehead atoms. The fourth-order valence-electron chi connectivity index (χ4n) is 3.17. The van der Waals surface area contributed by atoms with Crippen LogP contribution in [0, 0.1) is 0 Å². The first-order chi connectivity index (χ1) is 8.24. The monoisotopic (exact) mass is 251 g/mol. The minimum Gasteiger partial charge on any atom is -0.367 e. The van der Waals surface area contributed by atoms with Gasteiger partial charge in [0.1, 0.15) is 0 Å². The van der Waals surface area contributed by atoms with E-state index in [0.29, 0.717) is 18.4 Å². The van der Waals surface area contributed by atoms with E-state index in [1.54, 1.807) is 0 Å². The molecule has 2 saturated heterocycles. The van der Waals surface area contributed by atoms with Gasteiger partial charge in [0.15, 0.2) is 11.5 Å². The van der Waals surface area contributed by atoms with Gasteiger partial charge in [0, 0.05) is 6.42 Å². The molecule has 0 aromatic rings. The maximum atomic E-state index is 12.4. The van der Waals surface area contributed by atoms with Crippen molar-refractivity contribution in [2.75, 3.05) is 0 Å². The van der Waals surface area contributed by atoms with E-state index in [1.165, 1.54) is 0 Å². The van der Waals surface area contributed by atoms with Gasteiger partial charge in [0.05, 0.1) is 17.2 Å². The molecule has 0 aromatic carbocycles. The summed E-state index contributed by atoms with van der Waals surface area (Å²) in [6.07, 6.45) is 2.90. The summed E-state index contributed by atoms with van der Waals surface area (Å²) in [7, 11) is 0. The van der Waals surface area contributed by atoms with Crippen LogP contribution in [0.5, 0.6) is 0 Å². The Morgan fingerprint density at radius 2 is 1.94 bits per heavy atom. The molecule has 0 radical (unpaired) electrons. The third-order valence-corrected chi connectivity index (χ3v) is 4.06. The number of carbonyl (C=O) groups excluding carboxylic acids is 1. The minimum absolute atomic E-state index is 0.0162. The predicted molar refractivity (Wildman–Crippen MR) is 68.3 cm³/mol. The van der Waals surface area contributed by atoms with Gasteiger partial charge in [0.2, 0.25) is 0 Å². The van der Waals surface area contributed by atoms with Crippen LogP contribution in [0.4, 0.5) is 0 Å². The molecular formula is C13H21N3O2. The number of nitrogens with one attached hydrogen (secondary N) is 2. The van der Waals surface area contributed by atoms with Crippen molar-refractivity contribution in [2.24, 2.45) is 4.99 Å². The summed E-state index contributed by atoms with van der Waals surface area (Å²) < 4.78 is 6.03.